The Labute approximate surface area is 77.0 Å². The number of rotatable bonds is 3. The molecule has 1 aromatic heterocycles. The molecule has 2 heterocycles. The zero-order chi connectivity index (χ0) is 9.31. The number of hydrogen-bond donors (Lipinski definition) is 1. The molecule has 2 rings (SSSR count). The van der Waals surface area contributed by atoms with Crippen molar-refractivity contribution in [3.8, 4) is 0 Å². The van der Waals surface area contributed by atoms with Gasteiger partial charge < -0.3 is 9.88 Å². The maximum absolute atomic E-state index is 13.5. The van der Waals surface area contributed by atoms with Crippen molar-refractivity contribution in [3.63, 3.8) is 0 Å². The van der Waals surface area contributed by atoms with Crippen LogP contribution in [0.15, 0.2) is 12.4 Å². The third-order valence-electron chi connectivity index (χ3n) is 2.60. The van der Waals surface area contributed by atoms with Crippen LogP contribution in [-0.2, 0) is 13.5 Å². The van der Waals surface area contributed by atoms with Crippen LogP contribution in [0, 0.1) is 0 Å². The third-order valence-corrected chi connectivity index (χ3v) is 2.60. The van der Waals surface area contributed by atoms with Crippen LogP contribution in [0.2, 0.25) is 0 Å². The first-order valence-corrected chi connectivity index (χ1v) is 4.55. The smallest absolute Gasteiger partial charge is 0.136 e. The van der Waals surface area contributed by atoms with Crippen molar-refractivity contribution in [3.05, 3.63) is 18.2 Å². The molecule has 0 spiro atoms. The fourth-order valence-electron chi connectivity index (χ4n) is 1.55. The quantitative estimate of drug-likeness (QED) is 0.746. The van der Waals surface area contributed by atoms with Crippen LogP contribution in [-0.4, -0.2) is 28.3 Å². The first-order chi connectivity index (χ1) is 6.20. The minimum Gasteiger partial charge on any atom is -0.338 e. The number of aryl methyl sites for hydroxylation is 2. The second-order valence-corrected chi connectivity index (χ2v) is 3.71. The van der Waals surface area contributed by atoms with Gasteiger partial charge in [0.2, 0.25) is 0 Å². The summed E-state index contributed by atoms with van der Waals surface area (Å²) in [6, 6.07) is 0. The van der Waals surface area contributed by atoms with Crippen LogP contribution in [0.1, 0.15) is 12.2 Å². The molecule has 1 N–H and O–H groups in total. The Morgan fingerprint density at radius 3 is 2.92 bits per heavy atom. The van der Waals surface area contributed by atoms with Crippen molar-refractivity contribution in [2.75, 3.05) is 13.1 Å². The molecule has 0 radical (unpaired) electrons. The molecule has 0 unspecified atom stereocenters. The van der Waals surface area contributed by atoms with Crippen LogP contribution in [0.3, 0.4) is 0 Å². The predicted molar refractivity (Wildman–Crippen MR) is 48.2 cm³/mol. The molecular weight excluding hydrogens is 169 g/mol. The third kappa shape index (κ3) is 1.72. The van der Waals surface area contributed by atoms with Gasteiger partial charge in [-0.05, 0) is 6.42 Å². The van der Waals surface area contributed by atoms with E-state index in [1.54, 1.807) is 6.20 Å². The minimum absolute atomic E-state index is 0.497. The van der Waals surface area contributed by atoms with E-state index in [-0.39, 0.29) is 0 Å². The molecule has 0 atom stereocenters. The van der Waals surface area contributed by atoms with Gasteiger partial charge in [0.05, 0.1) is 0 Å². The lowest BCUT2D eigenvalue weighted by atomic mass is 9.93. The zero-order valence-corrected chi connectivity index (χ0v) is 7.76. The summed E-state index contributed by atoms with van der Waals surface area (Å²) < 4.78 is 15.5. The average Bonchev–Trinajstić information content (AvgIpc) is 2.44. The molecule has 0 saturated carbocycles. The van der Waals surface area contributed by atoms with Crippen molar-refractivity contribution in [1.82, 2.24) is 14.9 Å². The molecule has 1 saturated heterocycles. The number of nitrogens with one attached hydrogen (secondary N) is 1. The molecule has 1 aliphatic heterocycles. The fourth-order valence-corrected chi connectivity index (χ4v) is 1.55. The molecule has 13 heavy (non-hydrogen) atoms. The van der Waals surface area contributed by atoms with E-state index in [2.05, 4.69) is 10.3 Å². The second kappa shape index (κ2) is 3.10. The van der Waals surface area contributed by atoms with E-state index < -0.39 is 5.67 Å². The molecule has 3 nitrogen and oxygen atoms in total. The van der Waals surface area contributed by atoms with Gasteiger partial charge in [0.15, 0.2) is 0 Å². The van der Waals surface area contributed by atoms with Crippen molar-refractivity contribution >= 4 is 0 Å². The van der Waals surface area contributed by atoms with E-state index in [0.29, 0.717) is 19.5 Å². The monoisotopic (exact) mass is 183 g/mol. The Morgan fingerprint density at radius 1 is 1.69 bits per heavy atom. The van der Waals surface area contributed by atoms with Crippen molar-refractivity contribution in [2.45, 2.75) is 18.5 Å². The van der Waals surface area contributed by atoms with Gasteiger partial charge in [0.1, 0.15) is 11.5 Å². The summed E-state index contributed by atoms with van der Waals surface area (Å²) in [7, 11) is 1.94. The van der Waals surface area contributed by atoms with Crippen molar-refractivity contribution < 1.29 is 4.39 Å². The Kier molecular flexibility index (Phi) is 2.07. The van der Waals surface area contributed by atoms with E-state index >= 15 is 0 Å². The van der Waals surface area contributed by atoms with E-state index in [4.69, 9.17) is 0 Å². The second-order valence-electron chi connectivity index (χ2n) is 3.71. The molecular formula is C9H14FN3. The van der Waals surface area contributed by atoms with Gasteiger partial charge in [-0.25, -0.2) is 9.37 Å². The van der Waals surface area contributed by atoms with E-state index in [1.807, 2.05) is 17.8 Å². The highest BCUT2D eigenvalue weighted by Crippen LogP contribution is 2.22. The maximum Gasteiger partial charge on any atom is 0.136 e. The standard InChI is InChI=1S/C9H14FN3/c1-13-5-4-12-8(13)2-3-9(10)6-11-7-9/h4-5,11H,2-3,6-7H2,1H3. The van der Waals surface area contributed by atoms with Gasteiger partial charge in [0, 0.05) is 39.0 Å². The normalized spacial score (nSPS) is 19.8. The molecule has 72 valence electrons. The SMILES string of the molecule is Cn1ccnc1CCC1(F)CNC1. The van der Waals surface area contributed by atoms with E-state index in [1.165, 1.54) is 0 Å². The Morgan fingerprint density at radius 2 is 2.46 bits per heavy atom. The highest BCUT2D eigenvalue weighted by atomic mass is 19.1. The Hall–Kier alpha value is -0.900. The summed E-state index contributed by atoms with van der Waals surface area (Å²) in [6.07, 6.45) is 4.94. The molecule has 0 aliphatic carbocycles. The van der Waals surface area contributed by atoms with E-state index in [9.17, 15) is 4.39 Å². The predicted octanol–water partition coefficient (Wildman–Crippen LogP) is 0.664. The van der Waals surface area contributed by atoms with Crippen LogP contribution in [0.5, 0.6) is 0 Å². The van der Waals surface area contributed by atoms with Crippen molar-refractivity contribution in [2.24, 2.45) is 7.05 Å². The summed E-state index contributed by atoms with van der Waals surface area (Å²) in [5.74, 6) is 0.962. The number of hydrogen-bond acceptors (Lipinski definition) is 2. The van der Waals surface area contributed by atoms with E-state index in [0.717, 1.165) is 12.2 Å². The number of alkyl halides is 1. The lowest BCUT2D eigenvalue weighted by molar-refractivity contribution is 0.0801. The number of imidazole rings is 1. The topological polar surface area (TPSA) is 29.9 Å². The van der Waals surface area contributed by atoms with Gasteiger partial charge in [-0.15, -0.1) is 0 Å². The summed E-state index contributed by atoms with van der Waals surface area (Å²) >= 11 is 0. The molecule has 1 fully saturated rings. The first kappa shape index (κ1) is 8.69. The summed E-state index contributed by atoms with van der Waals surface area (Å²) in [4.78, 5) is 4.15. The minimum atomic E-state index is -0.980. The molecule has 1 aliphatic rings. The molecule has 1 aromatic rings. The zero-order valence-electron chi connectivity index (χ0n) is 7.76. The average molecular weight is 183 g/mol. The van der Waals surface area contributed by atoms with Gasteiger partial charge in [0.25, 0.3) is 0 Å². The maximum atomic E-state index is 13.5. The molecule has 0 aromatic carbocycles. The molecule has 0 bridgehead atoms. The lowest BCUT2D eigenvalue weighted by Crippen LogP contribution is -2.56. The van der Waals surface area contributed by atoms with Crippen LogP contribution in [0.4, 0.5) is 4.39 Å². The summed E-state index contributed by atoms with van der Waals surface area (Å²) in [6.45, 7) is 0.995. The van der Waals surface area contributed by atoms with Gasteiger partial charge in [-0.2, -0.15) is 0 Å². The Balaban J connectivity index is 1.89. The highest BCUT2D eigenvalue weighted by Gasteiger charge is 2.36. The molecule has 4 heteroatoms. The number of nitrogens with zero attached hydrogens (tertiary/aromatic N) is 2. The number of halogens is 1. The van der Waals surface area contributed by atoms with Gasteiger partial charge in [-0.1, -0.05) is 0 Å². The fraction of sp³-hybridized carbons (Fsp3) is 0.667. The Bertz CT molecular complexity index is 291. The summed E-state index contributed by atoms with van der Waals surface area (Å²) in [5, 5.41) is 2.94. The van der Waals surface area contributed by atoms with Crippen LogP contribution >= 0.6 is 0 Å². The largest absolute Gasteiger partial charge is 0.338 e. The van der Waals surface area contributed by atoms with Crippen LogP contribution < -0.4 is 5.32 Å². The highest BCUT2D eigenvalue weighted by molar-refractivity contribution is 4.98. The van der Waals surface area contributed by atoms with Crippen molar-refractivity contribution in [1.29, 1.82) is 0 Å². The summed E-state index contributed by atoms with van der Waals surface area (Å²) in [5.41, 5.74) is -0.980. The lowest BCUT2D eigenvalue weighted by Gasteiger charge is -2.34. The van der Waals surface area contributed by atoms with Gasteiger partial charge in [-0.3, -0.25) is 0 Å². The van der Waals surface area contributed by atoms with Crippen LogP contribution in [0.25, 0.3) is 0 Å². The number of aromatic nitrogens is 2. The first-order valence-electron chi connectivity index (χ1n) is 4.55. The van der Waals surface area contributed by atoms with Gasteiger partial charge >= 0.3 is 0 Å². The molecule has 0 amide bonds.